The van der Waals surface area contributed by atoms with Gasteiger partial charge < -0.3 is 25.7 Å². The lowest BCUT2D eigenvalue weighted by atomic mass is 9.93. The van der Waals surface area contributed by atoms with Crippen LogP contribution in [0.5, 0.6) is 17.2 Å². The van der Waals surface area contributed by atoms with Crippen LogP contribution < -0.4 is 25.7 Å². The summed E-state index contributed by atoms with van der Waals surface area (Å²) in [4.78, 5) is 0. The van der Waals surface area contributed by atoms with Crippen LogP contribution in [0.3, 0.4) is 0 Å². The van der Waals surface area contributed by atoms with E-state index < -0.39 is 5.54 Å². The molecule has 0 bridgehead atoms. The van der Waals surface area contributed by atoms with Crippen molar-refractivity contribution in [1.82, 2.24) is 0 Å². The molecule has 96 valence electrons. The Morgan fingerprint density at radius 2 is 1.53 bits per heavy atom. The van der Waals surface area contributed by atoms with Gasteiger partial charge in [-0.25, -0.2) is 0 Å². The quantitative estimate of drug-likeness (QED) is 0.797. The molecular formula is C12H20N2O3. The second kappa shape index (κ2) is 5.25. The highest BCUT2D eigenvalue weighted by Crippen LogP contribution is 2.40. The van der Waals surface area contributed by atoms with Crippen LogP contribution in [0.15, 0.2) is 12.1 Å². The molecule has 0 saturated heterocycles. The summed E-state index contributed by atoms with van der Waals surface area (Å²) in [6.45, 7) is 2.18. The molecule has 0 saturated carbocycles. The largest absolute Gasteiger partial charge is 0.493 e. The van der Waals surface area contributed by atoms with E-state index in [2.05, 4.69) is 0 Å². The molecule has 0 aliphatic carbocycles. The maximum Gasteiger partial charge on any atom is 0.203 e. The van der Waals surface area contributed by atoms with Crippen molar-refractivity contribution in [2.75, 3.05) is 27.9 Å². The normalized spacial score (nSPS) is 14.0. The number of hydrogen-bond donors (Lipinski definition) is 2. The molecule has 1 atom stereocenters. The Bertz CT molecular complexity index is 366. The summed E-state index contributed by atoms with van der Waals surface area (Å²) < 4.78 is 15.8. The van der Waals surface area contributed by atoms with Crippen molar-refractivity contribution < 1.29 is 14.2 Å². The maximum absolute atomic E-state index is 6.10. The van der Waals surface area contributed by atoms with Gasteiger partial charge in [-0.05, 0) is 24.6 Å². The van der Waals surface area contributed by atoms with E-state index in [9.17, 15) is 0 Å². The first kappa shape index (κ1) is 13.6. The first-order valence-electron chi connectivity index (χ1n) is 5.29. The molecule has 1 aromatic rings. The van der Waals surface area contributed by atoms with E-state index in [0.29, 0.717) is 23.8 Å². The van der Waals surface area contributed by atoms with Gasteiger partial charge in [0.05, 0.1) is 26.9 Å². The van der Waals surface area contributed by atoms with Crippen molar-refractivity contribution in [1.29, 1.82) is 0 Å². The summed E-state index contributed by atoms with van der Waals surface area (Å²) in [6, 6.07) is 3.63. The van der Waals surface area contributed by atoms with Gasteiger partial charge in [-0.2, -0.15) is 0 Å². The van der Waals surface area contributed by atoms with E-state index in [1.54, 1.807) is 21.3 Å². The molecule has 0 amide bonds. The highest BCUT2D eigenvalue weighted by Gasteiger charge is 2.23. The Kier molecular flexibility index (Phi) is 4.20. The van der Waals surface area contributed by atoms with Gasteiger partial charge in [0.15, 0.2) is 11.5 Å². The van der Waals surface area contributed by atoms with E-state index in [-0.39, 0.29) is 0 Å². The molecule has 1 aromatic carbocycles. The zero-order valence-electron chi connectivity index (χ0n) is 10.7. The molecule has 0 aromatic heterocycles. The van der Waals surface area contributed by atoms with Crippen LogP contribution >= 0.6 is 0 Å². The lowest BCUT2D eigenvalue weighted by Crippen LogP contribution is -2.40. The maximum atomic E-state index is 6.10. The fraction of sp³-hybridized carbons (Fsp3) is 0.500. The summed E-state index contributed by atoms with van der Waals surface area (Å²) in [7, 11) is 4.69. The van der Waals surface area contributed by atoms with Crippen LogP contribution in [0.4, 0.5) is 0 Å². The average molecular weight is 240 g/mol. The second-order valence-corrected chi connectivity index (χ2v) is 4.04. The van der Waals surface area contributed by atoms with Crippen LogP contribution in [0.25, 0.3) is 0 Å². The molecule has 0 aliphatic heterocycles. The van der Waals surface area contributed by atoms with Gasteiger partial charge in [0.1, 0.15) is 0 Å². The van der Waals surface area contributed by atoms with Crippen LogP contribution in [0, 0.1) is 0 Å². The van der Waals surface area contributed by atoms with Gasteiger partial charge in [0.2, 0.25) is 5.75 Å². The molecule has 0 aliphatic rings. The summed E-state index contributed by atoms with van der Waals surface area (Å²) in [6.07, 6.45) is 0. The fourth-order valence-electron chi connectivity index (χ4n) is 1.53. The van der Waals surface area contributed by atoms with Crippen LogP contribution in [0.1, 0.15) is 12.5 Å². The fourth-order valence-corrected chi connectivity index (χ4v) is 1.53. The third-order valence-electron chi connectivity index (χ3n) is 2.75. The molecule has 0 fully saturated rings. The van der Waals surface area contributed by atoms with E-state index in [1.165, 1.54) is 0 Å². The smallest absolute Gasteiger partial charge is 0.203 e. The first-order valence-corrected chi connectivity index (χ1v) is 5.29. The summed E-state index contributed by atoms with van der Waals surface area (Å²) >= 11 is 0. The van der Waals surface area contributed by atoms with Crippen molar-refractivity contribution in [3.8, 4) is 17.2 Å². The summed E-state index contributed by atoms with van der Waals surface area (Å²) in [5.74, 6) is 1.70. The Balaban J connectivity index is 3.37. The van der Waals surface area contributed by atoms with Crippen molar-refractivity contribution in [3.63, 3.8) is 0 Å². The van der Waals surface area contributed by atoms with Crippen LogP contribution in [-0.4, -0.2) is 27.9 Å². The average Bonchev–Trinajstić information content (AvgIpc) is 2.36. The van der Waals surface area contributed by atoms with Gasteiger partial charge in [-0.1, -0.05) is 0 Å². The van der Waals surface area contributed by atoms with Gasteiger partial charge in [-0.3, -0.25) is 0 Å². The molecule has 5 nitrogen and oxygen atoms in total. The topological polar surface area (TPSA) is 79.7 Å². The minimum atomic E-state index is -0.632. The number of benzene rings is 1. The predicted molar refractivity (Wildman–Crippen MR) is 66.7 cm³/mol. The standard InChI is InChI=1S/C12H20N2O3/c1-12(14,7-13)8-5-9(15-2)11(17-4)10(6-8)16-3/h5-6H,7,13-14H2,1-4H3. The number of methoxy groups -OCH3 is 3. The number of ether oxygens (including phenoxy) is 3. The zero-order chi connectivity index (χ0) is 13.1. The number of nitrogens with two attached hydrogens (primary N) is 2. The monoisotopic (exact) mass is 240 g/mol. The van der Waals surface area contributed by atoms with E-state index in [4.69, 9.17) is 25.7 Å². The highest BCUT2D eigenvalue weighted by atomic mass is 16.5. The number of rotatable bonds is 5. The Morgan fingerprint density at radius 1 is 1.06 bits per heavy atom. The highest BCUT2D eigenvalue weighted by molar-refractivity contribution is 5.55. The Hall–Kier alpha value is -1.46. The van der Waals surface area contributed by atoms with Gasteiger partial charge in [0, 0.05) is 6.54 Å². The molecule has 1 unspecified atom stereocenters. The molecule has 17 heavy (non-hydrogen) atoms. The zero-order valence-corrected chi connectivity index (χ0v) is 10.7. The van der Waals surface area contributed by atoms with Gasteiger partial charge >= 0.3 is 0 Å². The lowest BCUT2D eigenvalue weighted by Gasteiger charge is -2.25. The molecule has 5 heteroatoms. The van der Waals surface area contributed by atoms with E-state index >= 15 is 0 Å². The predicted octanol–water partition coefficient (Wildman–Crippen LogP) is 0.845. The molecule has 0 spiro atoms. The molecule has 0 radical (unpaired) electrons. The first-order chi connectivity index (χ1) is 8.00. The molecule has 4 N–H and O–H groups in total. The SMILES string of the molecule is COc1cc(C(C)(N)CN)cc(OC)c1OC. The lowest BCUT2D eigenvalue weighted by molar-refractivity contribution is 0.322. The van der Waals surface area contributed by atoms with Crippen molar-refractivity contribution in [2.24, 2.45) is 11.5 Å². The minimum Gasteiger partial charge on any atom is -0.493 e. The summed E-state index contributed by atoms with van der Waals surface area (Å²) in [5, 5.41) is 0. The molecule has 1 rings (SSSR count). The summed E-state index contributed by atoms with van der Waals surface area (Å²) in [5.41, 5.74) is 12.0. The second-order valence-electron chi connectivity index (χ2n) is 4.04. The van der Waals surface area contributed by atoms with Crippen molar-refractivity contribution in [2.45, 2.75) is 12.5 Å². The van der Waals surface area contributed by atoms with Crippen molar-refractivity contribution in [3.05, 3.63) is 17.7 Å². The Morgan fingerprint density at radius 3 is 1.82 bits per heavy atom. The van der Waals surface area contributed by atoms with Crippen molar-refractivity contribution >= 4 is 0 Å². The third-order valence-corrected chi connectivity index (χ3v) is 2.75. The molecular weight excluding hydrogens is 220 g/mol. The Labute approximate surface area is 102 Å². The number of hydrogen-bond acceptors (Lipinski definition) is 5. The minimum absolute atomic E-state index is 0.325. The van der Waals surface area contributed by atoms with E-state index in [0.717, 1.165) is 5.56 Å². The van der Waals surface area contributed by atoms with Gasteiger partial charge in [0.25, 0.3) is 0 Å². The van der Waals surface area contributed by atoms with Gasteiger partial charge in [-0.15, -0.1) is 0 Å². The van der Waals surface area contributed by atoms with Crippen LogP contribution in [0.2, 0.25) is 0 Å². The molecule has 0 heterocycles. The third kappa shape index (κ3) is 2.62. The van der Waals surface area contributed by atoms with E-state index in [1.807, 2.05) is 19.1 Å². The van der Waals surface area contributed by atoms with Crippen LogP contribution in [-0.2, 0) is 5.54 Å².